The summed E-state index contributed by atoms with van der Waals surface area (Å²) in [6.45, 7) is 2.02. The zero-order chi connectivity index (χ0) is 27.6. The van der Waals surface area contributed by atoms with E-state index in [2.05, 4.69) is 25.8 Å². The highest BCUT2D eigenvalue weighted by molar-refractivity contribution is 7.80. The van der Waals surface area contributed by atoms with Crippen molar-refractivity contribution in [3.63, 3.8) is 0 Å². The van der Waals surface area contributed by atoms with Crippen LogP contribution in [0.2, 0.25) is 0 Å². The molecule has 6 rings (SSSR count). The van der Waals surface area contributed by atoms with Gasteiger partial charge in [-0.05, 0) is 104 Å². The predicted molar refractivity (Wildman–Crippen MR) is 158 cm³/mol. The number of benzene rings is 3. The number of aromatic carboxylic acids is 1. The fourth-order valence-electron chi connectivity index (χ4n) is 5.04. The van der Waals surface area contributed by atoms with Crippen molar-refractivity contribution in [2.45, 2.75) is 19.0 Å². The number of rotatable bonds is 7. The van der Waals surface area contributed by atoms with Crippen LogP contribution in [0, 0.1) is 6.92 Å². The Morgan fingerprint density at radius 3 is 2.33 bits per heavy atom. The van der Waals surface area contributed by atoms with Crippen LogP contribution in [0.25, 0.3) is 5.69 Å². The van der Waals surface area contributed by atoms with E-state index in [4.69, 9.17) is 17.0 Å². The highest BCUT2D eigenvalue weighted by Gasteiger charge is 2.42. The molecule has 1 aliphatic rings. The minimum atomic E-state index is -0.958. The number of carboxylic acid groups (broad SMARTS) is 1. The quantitative estimate of drug-likeness (QED) is 0.216. The molecule has 0 saturated carbocycles. The smallest absolute Gasteiger partial charge is 0.335 e. The minimum absolute atomic E-state index is 0.219. The lowest BCUT2D eigenvalue weighted by Gasteiger charge is -2.29. The van der Waals surface area contributed by atoms with Crippen LogP contribution in [-0.2, 0) is 0 Å². The van der Waals surface area contributed by atoms with Gasteiger partial charge in [0, 0.05) is 29.5 Å². The average molecular weight is 547 g/mol. The van der Waals surface area contributed by atoms with Crippen molar-refractivity contribution in [2.24, 2.45) is 0 Å². The largest absolute Gasteiger partial charge is 0.478 e. The van der Waals surface area contributed by atoms with Crippen molar-refractivity contribution < 1.29 is 14.6 Å². The van der Waals surface area contributed by atoms with Crippen LogP contribution in [0.1, 0.15) is 39.4 Å². The summed E-state index contributed by atoms with van der Waals surface area (Å²) in [5.74, 6) is 0.588. The monoisotopic (exact) mass is 546 g/mol. The molecule has 0 amide bonds. The van der Waals surface area contributed by atoms with E-state index in [1.807, 2.05) is 98.0 Å². The fraction of sp³-hybridized carbons (Fsp3) is 0.0938. The zero-order valence-electron chi connectivity index (χ0n) is 21.6. The van der Waals surface area contributed by atoms with Gasteiger partial charge in [-0.3, -0.25) is 4.98 Å². The number of aromatic nitrogens is 2. The van der Waals surface area contributed by atoms with Gasteiger partial charge in [0.25, 0.3) is 0 Å². The number of pyridine rings is 1. The molecule has 0 aliphatic carbocycles. The van der Waals surface area contributed by atoms with Crippen molar-refractivity contribution in [1.82, 2.24) is 14.9 Å². The number of carboxylic acids is 1. The molecule has 1 fully saturated rings. The van der Waals surface area contributed by atoms with E-state index in [0.717, 1.165) is 39.8 Å². The SMILES string of the molecule is Cc1ccccc1Oc1ccc(N2C(=S)N[C@@H](c3ccccn3)[C@@H]2c2cccn2-c2ccc(C(=O)O)cc2)cc1. The van der Waals surface area contributed by atoms with Gasteiger partial charge in [-0.2, -0.15) is 0 Å². The van der Waals surface area contributed by atoms with Crippen LogP contribution in [0.3, 0.4) is 0 Å². The Balaban J connectivity index is 1.39. The van der Waals surface area contributed by atoms with E-state index in [1.54, 1.807) is 18.3 Å². The number of hydrogen-bond donors (Lipinski definition) is 2. The van der Waals surface area contributed by atoms with Crippen LogP contribution in [0.4, 0.5) is 5.69 Å². The summed E-state index contributed by atoms with van der Waals surface area (Å²) in [5.41, 5.74) is 4.91. The summed E-state index contributed by atoms with van der Waals surface area (Å²) in [6.07, 6.45) is 3.75. The maximum atomic E-state index is 11.4. The Labute approximate surface area is 237 Å². The Morgan fingerprint density at radius 2 is 1.62 bits per heavy atom. The third kappa shape index (κ3) is 4.81. The van der Waals surface area contributed by atoms with Crippen LogP contribution in [0.5, 0.6) is 11.5 Å². The Morgan fingerprint density at radius 1 is 0.900 bits per heavy atom. The first-order valence-electron chi connectivity index (χ1n) is 12.8. The second kappa shape index (κ2) is 10.7. The molecule has 0 unspecified atom stereocenters. The van der Waals surface area contributed by atoms with Crippen LogP contribution < -0.4 is 15.0 Å². The molecule has 0 bridgehead atoms. The number of aryl methyl sites for hydroxylation is 1. The first-order chi connectivity index (χ1) is 19.5. The number of nitrogens with one attached hydrogen (secondary N) is 1. The summed E-state index contributed by atoms with van der Waals surface area (Å²) < 4.78 is 8.18. The number of thiocarbonyl (C=S) groups is 1. The molecular formula is C32H26N4O3S. The molecular weight excluding hydrogens is 520 g/mol. The Bertz CT molecular complexity index is 1670. The lowest BCUT2D eigenvalue weighted by Crippen LogP contribution is -2.30. The van der Waals surface area contributed by atoms with Crippen molar-refractivity contribution in [1.29, 1.82) is 0 Å². The third-order valence-corrected chi connectivity index (χ3v) is 7.32. The molecule has 5 aromatic rings. The molecule has 2 aromatic heterocycles. The van der Waals surface area contributed by atoms with E-state index in [9.17, 15) is 9.90 Å². The molecule has 40 heavy (non-hydrogen) atoms. The summed E-state index contributed by atoms with van der Waals surface area (Å²) in [6, 6.07) is 32.1. The lowest BCUT2D eigenvalue weighted by atomic mass is 10.0. The second-order valence-corrected chi connectivity index (χ2v) is 9.90. The first-order valence-corrected chi connectivity index (χ1v) is 13.3. The molecule has 3 heterocycles. The van der Waals surface area contributed by atoms with Crippen molar-refractivity contribution in [2.75, 3.05) is 4.90 Å². The average Bonchev–Trinajstić information content (AvgIpc) is 3.59. The van der Waals surface area contributed by atoms with E-state index in [-0.39, 0.29) is 17.6 Å². The van der Waals surface area contributed by atoms with Crippen molar-refractivity contribution in [3.05, 3.63) is 138 Å². The van der Waals surface area contributed by atoms with Gasteiger partial charge in [0.15, 0.2) is 5.11 Å². The number of nitrogens with zero attached hydrogens (tertiary/aromatic N) is 3. The van der Waals surface area contributed by atoms with Gasteiger partial charge in [-0.15, -0.1) is 0 Å². The Kier molecular flexibility index (Phi) is 6.76. The summed E-state index contributed by atoms with van der Waals surface area (Å²) >= 11 is 5.89. The fourth-order valence-corrected chi connectivity index (χ4v) is 5.39. The molecule has 2 atom stereocenters. The number of anilines is 1. The molecule has 2 N–H and O–H groups in total. The maximum absolute atomic E-state index is 11.4. The van der Waals surface area contributed by atoms with E-state index < -0.39 is 5.97 Å². The predicted octanol–water partition coefficient (Wildman–Crippen LogP) is 6.85. The zero-order valence-corrected chi connectivity index (χ0v) is 22.5. The summed E-state index contributed by atoms with van der Waals surface area (Å²) in [7, 11) is 0. The molecule has 0 spiro atoms. The van der Waals surface area contributed by atoms with Gasteiger partial charge < -0.3 is 24.6 Å². The van der Waals surface area contributed by atoms with Crippen LogP contribution >= 0.6 is 12.2 Å². The minimum Gasteiger partial charge on any atom is -0.478 e. The van der Waals surface area contributed by atoms with Gasteiger partial charge >= 0.3 is 5.97 Å². The van der Waals surface area contributed by atoms with Crippen LogP contribution in [-0.4, -0.2) is 25.7 Å². The number of para-hydroxylation sites is 1. The second-order valence-electron chi connectivity index (χ2n) is 9.51. The maximum Gasteiger partial charge on any atom is 0.335 e. The van der Waals surface area contributed by atoms with Gasteiger partial charge in [-0.1, -0.05) is 24.3 Å². The Hall–Kier alpha value is -4.95. The first kappa shape index (κ1) is 25.3. The van der Waals surface area contributed by atoms with Crippen LogP contribution in [0.15, 0.2) is 116 Å². The molecule has 198 valence electrons. The van der Waals surface area contributed by atoms with Crippen molar-refractivity contribution >= 4 is 29.0 Å². The van der Waals surface area contributed by atoms with E-state index >= 15 is 0 Å². The highest BCUT2D eigenvalue weighted by atomic mass is 32.1. The number of hydrogen-bond acceptors (Lipinski definition) is 4. The molecule has 3 aromatic carbocycles. The molecule has 0 radical (unpaired) electrons. The van der Waals surface area contributed by atoms with Gasteiger partial charge in [0.05, 0.1) is 17.3 Å². The molecule has 8 heteroatoms. The number of ether oxygens (including phenoxy) is 1. The van der Waals surface area contributed by atoms with E-state index in [1.165, 1.54) is 0 Å². The van der Waals surface area contributed by atoms with Gasteiger partial charge in [0.1, 0.15) is 17.5 Å². The van der Waals surface area contributed by atoms with Gasteiger partial charge in [-0.25, -0.2) is 4.79 Å². The summed E-state index contributed by atoms with van der Waals surface area (Å²) in [4.78, 5) is 18.1. The van der Waals surface area contributed by atoms with Gasteiger partial charge in [0.2, 0.25) is 0 Å². The van der Waals surface area contributed by atoms with E-state index in [0.29, 0.717) is 5.11 Å². The third-order valence-electron chi connectivity index (χ3n) is 7.01. The molecule has 1 saturated heterocycles. The standard InChI is InChI=1S/C32H26N4O3S/c1-21-7-2-3-10-28(21)39-25-17-15-24(16-18-25)36-30(29(34-32(36)40)26-8-4-5-19-33-26)27-9-6-20-35(27)23-13-11-22(12-14-23)31(37)38/h2-20,29-30H,1H3,(H,34,40)(H,37,38)/t29-,30-/m0/s1. The molecule has 1 aliphatic heterocycles. The normalized spacial score (nSPS) is 16.5. The lowest BCUT2D eigenvalue weighted by molar-refractivity contribution is 0.0697. The molecule has 7 nitrogen and oxygen atoms in total. The van der Waals surface area contributed by atoms with Crippen molar-refractivity contribution in [3.8, 4) is 17.2 Å². The topological polar surface area (TPSA) is 79.6 Å². The number of carbonyl (C=O) groups is 1. The highest BCUT2D eigenvalue weighted by Crippen LogP contribution is 2.42. The summed E-state index contributed by atoms with van der Waals surface area (Å²) in [5, 5.41) is 13.4.